The van der Waals surface area contributed by atoms with Gasteiger partial charge in [0.05, 0.1) is 0 Å². The highest BCUT2D eigenvalue weighted by atomic mass is 16.2. The molecule has 94 valence electrons. The van der Waals surface area contributed by atoms with Gasteiger partial charge in [-0.2, -0.15) is 0 Å². The van der Waals surface area contributed by atoms with Crippen molar-refractivity contribution < 1.29 is 4.79 Å². The molecule has 1 N–H and O–H groups in total. The summed E-state index contributed by atoms with van der Waals surface area (Å²) in [4.78, 5) is 13.9. The summed E-state index contributed by atoms with van der Waals surface area (Å²) in [5.74, 6) is 0.625. The molecule has 1 atom stereocenters. The molecule has 1 aliphatic heterocycles. The standard InChI is InChI=1S/C13H26N2O/c1-10(2)13(6)7-8-15(9-13)11(16)14-12(3,4)5/h10H,7-9H2,1-6H3,(H,14,16)/t13-/m0/s1. The lowest BCUT2D eigenvalue weighted by atomic mass is 9.79. The highest BCUT2D eigenvalue weighted by Crippen LogP contribution is 2.37. The minimum Gasteiger partial charge on any atom is -0.333 e. The van der Waals surface area contributed by atoms with E-state index < -0.39 is 0 Å². The lowest BCUT2D eigenvalue weighted by molar-refractivity contribution is 0.181. The number of amides is 2. The zero-order valence-electron chi connectivity index (χ0n) is 11.6. The minimum atomic E-state index is -0.145. The molecule has 16 heavy (non-hydrogen) atoms. The van der Waals surface area contributed by atoms with Crippen LogP contribution in [0.5, 0.6) is 0 Å². The van der Waals surface area contributed by atoms with Gasteiger partial charge in [-0.1, -0.05) is 20.8 Å². The molecule has 0 bridgehead atoms. The van der Waals surface area contributed by atoms with Crippen LogP contribution in [0.25, 0.3) is 0 Å². The van der Waals surface area contributed by atoms with Crippen LogP contribution in [0.2, 0.25) is 0 Å². The molecule has 0 spiro atoms. The van der Waals surface area contributed by atoms with Crippen molar-refractivity contribution in [3.05, 3.63) is 0 Å². The van der Waals surface area contributed by atoms with E-state index in [0.29, 0.717) is 5.92 Å². The average molecular weight is 226 g/mol. The van der Waals surface area contributed by atoms with Gasteiger partial charge in [0.2, 0.25) is 0 Å². The summed E-state index contributed by atoms with van der Waals surface area (Å²) in [5.41, 5.74) is 0.142. The van der Waals surface area contributed by atoms with Crippen molar-refractivity contribution in [1.82, 2.24) is 10.2 Å². The van der Waals surface area contributed by atoms with Crippen LogP contribution in [0, 0.1) is 11.3 Å². The zero-order valence-corrected chi connectivity index (χ0v) is 11.6. The van der Waals surface area contributed by atoms with E-state index in [4.69, 9.17) is 0 Å². The van der Waals surface area contributed by atoms with E-state index in [1.54, 1.807) is 0 Å². The van der Waals surface area contributed by atoms with Gasteiger partial charge in [0.1, 0.15) is 0 Å². The molecule has 2 amide bonds. The third kappa shape index (κ3) is 3.13. The van der Waals surface area contributed by atoms with E-state index in [9.17, 15) is 4.79 Å². The summed E-state index contributed by atoms with van der Waals surface area (Å²) in [6, 6.07) is 0.0804. The maximum absolute atomic E-state index is 12.0. The highest BCUT2D eigenvalue weighted by Gasteiger charge is 2.38. The third-order valence-electron chi connectivity index (χ3n) is 3.67. The van der Waals surface area contributed by atoms with Crippen molar-refractivity contribution in [3.63, 3.8) is 0 Å². The van der Waals surface area contributed by atoms with Crippen molar-refractivity contribution in [3.8, 4) is 0 Å². The van der Waals surface area contributed by atoms with Crippen molar-refractivity contribution in [2.24, 2.45) is 11.3 Å². The Morgan fingerprint density at radius 3 is 2.31 bits per heavy atom. The molecular weight excluding hydrogens is 200 g/mol. The maximum atomic E-state index is 12.0. The van der Waals surface area contributed by atoms with Crippen molar-refractivity contribution in [1.29, 1.82) is 0 Å². The van der Waals surface area contributed by atoms with Crippen LogP contribution in [0.1, 0.15) is 48.0 Å². The number of hydrogen-bond donors (Lipinski definition) is 1. The van der Waals surface area contributed by atoms with Gasteiger partial charge < -0.3 is 10.2 Å². The molecule has 0 aliphatic carbocycles. The molecule has 0 unspecified atom stereocenters. The molecule has 1 fully saturated rings. The van der Waals surface area contributed by atoms with E-state index in [1.165, 1.54) is 0 Å². The van der Waals surface area contributed by atoms with Gasteiger partial charge in [0, 0.05) is 18.6 Å². The Labute approximate surface area is 99.6 Å². The van der Waals surface area contributed by atoms with Gasteiger partial charge in [0.25, 0.3) is 0 Å². The Hall–Kier alpha value is -0.730. The quantitative estimate of drug-likeness (QED) is 0.732. The van der Waals surface area contributed by atoms with Crippen molar-refractivity contribution >= 4 is 6.03 Å². The fourth-order valence-corrected chi connectivity index (χ4v) is 2.03. The molecule has 1 heterocycles. The maximum Gasteiger partial charge on any atom is 0.317 e. The predicted octanol–water partition coefficient (Wildman–Crippen LogP) is 2.86. The van der Waals surface area contributed by atoms with Crippen LogP contribution in [-0.4, -0.2) is 29.6 Å². The van der Waals surface area contributed by atoms with E-state index in [0.717, 1.165) is 19.5 Å². The molecule has 1 rings (SSSR count). The minimum absolute atomic E-state index is 0.0804. The van der Waals surface area contributed by atoms with Crippen LogP contribution >= 0.6 is 0 Å². The highest BCUT2D eigenvalue weighted by molar-refractivity contribution is 5.75. The fraction of sp³-hybridized carbons (Fsp3) is 0.923. The van der Waals surface area contributed by atoms with Gasteiger partial charge >= 0.3 is 6.03 Å². The smallest absolute Gasteiger partial charge is 0.317 e. The predicted molar refractivity (Wildman–Crippen MR) is 67.4 cm³/mol. The number of carbonyl (C=O) groups excluding carboxylic acids is 1. The summed E-state index contributed by atoms with van der Waals surface area (Å²) < 4.78 is 0. The first-order valence-corrected chi connectivity index (χ1v) is 6.21. The second-order valence-electron chi connectivity index (χ2n) is 6.66. The van der Waals surface area contributed by atoms with Crippen LogP contribution in [0.4, 0.5) is 4.79 Å². The third-order valence-corrected chi connectivity index (χ3v) is 3.67. The number of nitrogens with zero attached hydrogens (tertiary/aromatic N) is 1. The topological polar surface area (TPSA) is 32.3 Å². The van der Waals surface area contributed by atoms with E-state index in [1.807, 2.05) is 25.7 Å². The molecule has 0 aromatic rings. The van der Waals surface area contributed by atoms with Crippen LogP contribution < -0.4 is 5.32 Å². The number of rotatable bonds is 1. The second kappa shape index (κ2) is 4.27. The summed E-state index contributed by atoms with van der Waals surface area (Å²) in [5, 5.41) is 3.02. The number of nitrogens with one attached hydrogen (secondary N) is 1. The molecule has 0 radical (unpaired) electrons. The fourth-order valence-electron chi connectivity index (χ4n) is 2.03. The van der Waals surface area contributed by atoms with E-state index in [-0.39, 0.29) is 17.0 Å². The summed E-state index contributed by atoms with van der Waals surface area (Å²) >= 11 is 0. The molecule has 1 saturated heterocycles. The van der Waals surface area contributed by atoms with Crippen LogP contribution in [0.15, 0.2) is 0 Å². The summed E-state index contributed by atoms with van der Waals surface area (Å²) in [6.45, 7) is 14.6. The largest absolute Gasteiger partial charge is 0.333 e. The molecular formula is C13H26N2O. The molecule has 3 heteroatoms. The Kier molecular flexibility index (Phi) is 3.56. The Morgan fingerprint density at radius 2 is 1.94 bits per heavy atom. The van der Waals surface area contributed by atoms with E-state index in [2.05, 4.69) is 26.1 Å². The lowest BCUT2D eigenvalue weighted by Crippen LogP contribution is -2.48. The monoisotopic (exact) mass is 226 g/mol. The van der Waals surface area contributed by atoms with Gasteiger partial charge in [-0.15, -0.1) is 0 Å². The Balaban J connectivity index is 2.57. The number of urea groups is 1. The Bertz CT molecular complexity index is 268. The number of likely N-dealkylation sites (tertiary alicyclic amines) is 1. The number of hydrogen-bond acceptors (Lipinski definition) is 1. The average Bonchev–Trinajstić information content (AvgIpc) is 2.46. The first-order chi connectivity index (χ1) is 7.14. The second-order valence-corrected chi connectivity index (χ2v) is 6.66. The first-order valence-electron chi connectivity index (χ1n) is 6.21. The van der Waals surface area contributed by atoms with Gasteiger partial charge in [-0.25, -0.2) is 4.79 Å². The normalized spacial score (nSPS) is 26.3. The van der Waals surface area contributed by atoms with Crippen molar-refractivity contribution in [2.45, 2.75) is 53.5 Å². The molecule has 0 saturated carbocycles. The molecule has 0 aromatic carbocycles. The van der Waals surface area contributed by atoms with Gasteiger partial charge in [-0.3, -0.25) is 0 Å². The van der Waals surface area contributed by atoms with Crippen LogP contribution in [-0.2, 0) is 0 Å². The lowest BCUT2D eigenvalue weighted by Gasteiger charge is -2.30. The number of carbonyl (C=O) groups is 1. The zero-order chi connectivity index (χ0) is 12.6. The Morgan fingerprint density at radius 1 is 1.38 bits per heavy atom. The van der Waals surface area contributed by atoms with E-state index >= 15 is 0 Å². The van der Waals surface area contributed by atoms with Gasteiger partial charge in [-0.05, 0) is 38.5 Å². The van der Waals surface area contributed by atoms with Gasteiger partial charge in [0.15, 0.2) is 0 Å². The first kappa shape index (κ1) is 13.3. The SMILES string of the molecule is CC(C)[C@@]1(C)CCN(C(=O)NC(C)(C)C)C1. The summed E-state index contributed by atoms with van der Waals surface area (Å²) in [6.07, 6.45) is 1.11. The molecule has 0 aromatic heterocycles. The van der Waals surface area contributed by atoms with Crippen LogP contribution in [0.3, 0.4) is 0 Å². The molecule has 1 aliphatic rings. The molecule has 3 nitrogen and oxygen atoms in total. The van der Waals surface area contributed by atoms with Crippen molar-refractivity contribution in [2.75, 3.05) is 13.1 Å². The summed E-state index contributed by atoms with van der Waals surface area (Å²) in [7, 11) is 0.